The summed E-state index contributed by atoms with van der Waals surface area (Å²) in [4.78, 5) is 5.48. The number of rotatable bonds is 3. The van der Waals surface area contributed by atoms with Crippen molar-refractivity contribution < 1.29 is 5.11 Å². The maximum Gasteiger partial charge on any atom is 0.103 e. The van der Waals surface area contributed by atoms with Crippen LogP contribution in [0.2, 0.25) is 0 Å². The number of nitrogens with one attached hydrogen (secondary N) is 1. The van der Waals surface area contributed by atoms with Crippen molar-refractivity contribution in [1.82, 2.24) is 9.88 Å². The van der Waals surface area contributed by atoms with E-state index in [2.05, 4.69) is 22.5 Å². The number of aliphatic hydroxyl groups is 1. The summed E-state index contributed by atoms with van der Waals surface area (Å²) in [5, 5.41) is 12.2. The van der Waals surface area contributed by atoms with Crippen LogP contribution in [0.5, 0.6) is 0 Å². The molecule has 1 atom stereocenters. The molecular weight excluding hydrogens is 236 g/mol. The molecule has 19 heavy (non-hydrogen) atoms. The molecule has 2 aromatic rings. The van der Waals surface area contributed by atoms with E-state index in [0.717, 1.165) is 42.4 Å². The lowest BCUT2D eigenvalue weighted by molar-refractivity contribution is -0.0310. The van der Waals surface area contributed by atoms with Crippen LogP contribution < -0.4 is 0 Å². The van der Waals surface area contributed by atoms with E-state index in [1.165, 1.54) is 0 Å². The minimum absolute atomic E-state index is 0.684. The predicted molar refractivity (Wildman–Crippen MR) is 78.1 cm³/mol. The summed E-state index contributed by atoms with van der Waals surface area (Å²) in [5.74, 6) is 0. The molecule has 1 unspecified atom stereocenters. The molecule has 3 heteroatoms. The number of aromatic amines is 1. The van der Waals surface area contributed by atoms with Crippen LogP contribution in [-0.2, 0) is 5.60 Å². The number of β-amino-alcohol motifs (C(OH)–C–C–N with tert-alkyl or cyclic N) is 1. The van der Waals surface area contributed by atoms with Gasteiger partial charge >= 0.3 is 0 Å². The second-order valence-electron chi connectivity index (χ2n) is 5.40. The van der Waals surface area contributed by atoms with E-state index in [-0.39, 0.29) is 0 Å². The molecule has 0 spiro atoms. The average molecular weight is 256 g/mol. The van der Waals surface area contributed by atoms with Gasteiger partial charge in [0.25, 0.3) is 0 Å². The van der Waals surface area contributed by atoms with Crippen molar-refractivity contribution in [3.63, 3.8) is 0 Å². The molecule has 0 amide bonds. The molecule has 0 aliphatic carbocycles. The number of piperidine rings is 1. The third kappa shape index (κ3) is 2.20. The fraction of sp³-hybridized carbons (Fsp3) is 0.375. The zero-order chi connectivity index (χ0) is 13.3. The number of hydrogen-bond acceptors (Lipinski definition) is 2. The normalized spacial score (nSPS) is 24.7. The van der Waals surface area contributed by atoms with Gasteiger partial charge in [0, 0.05) is 30.2 Å². The van der Waals surface area contributed by atoms with Crippen molar-refractivity contribution in [2.75, 3.05) is 19.6 Å². The number of likely N-dealkylation sites (tertiary alicyclic amines) is 1. The quantitative estimate of drug-likeness (QED) is 0.829. The largest absolute Gasteiger partial charge is 0.384 e. The highest BCUT2D eigenvalue weighted by molar-refractivity contribution is 5.83. The second kappa shape index (κ2) is 4.83. The zero-order valence-corrected chi connectivity index (χ0v) is 11.1. The zero-order valence-electron chi connectivity index (χ0n) is 11.1. The van der Waals surface area contributed by atoms with E-state index < -0.39 is 5.60 Å². The number of hydrogen-bond donors (Lipinski definition) is 2. The smallest absolute Gasteiger partial charge is 0.103 e. The topological polar surface area (TPSA) is 39.3 Å². The highest BCUT2D eigenvalue weighted by Crippen LogP contribution is 2.35. The van der Waals surface area contributed by atoms with Crippen LogP contribution in [0.1, 0.15) is 18.4 Å². The lowest BCUT2D eigenvalue weighted by Gasteiger charge is -2.39. The summed E-state index contributed by atoms with van der Waals surface area (Å²) in [6.45, 7) is 6.35. The molecule has 3 rings (SSSR count). The van der Waals surface area contributed by atoms with Gasteiger partial charge < -0.3 is 10.1 Å². The molecule has 1 aromatic heterocycles. The van der Waals surface area contributed by atoms with Crippen molar-refractivity contribution in [3.05, 3.63) is 48.7 Å². The van der Waals surface area contributed by atoms with E-state index in [9.17, 15) is 5.11 Å². The van der Waals surface area contributed by atoms with Gasteiger partial charge in [-0.2, -0.15) is 0 Å². The molecule has 1 fully saturated rings. The van der Waals surface area contributed by atoms with Crippen molar-refractivity contribution in [2.45, 2.75) is 18.4 Å². The number of nitrogens with zero attached hydrogens (tertiary/aromatic N) is 1. The first-order valence-electron chi connectivity index (χ1n) is 6.85. The Morgan fingerprint density at radius 1 is 1.42 bits per heavy atom. The number of H-pyrrole nitrogens is 1. The number of fused-ring (bicyclic) bond motifs is 1. The molecule has 100 valence electrons. The van der Waals surface area contributed by atoms with Crippen LogP contribution in [-0.4, -0.2) is 34.6 Å². The third-order valence-electron chi connectivity index (χ3n) is 4.03. The Kier molecular flexibility index (Phi) is 3.17. The van der Waals surface area contributed by atoms with E-state index in [1.807, 2.05) is 30.5 Å². The SMILES string of the molecule is C=CCN1CCCC(O)(c2cccc3[nH]ccc23)C1. The van der Waals surface area contributed by atoms with Crippen molar-refractivity contribution in [1.29, 1.82) is 0 Å². The maximum atomic E-state index is 11.1. The fourth-order valence-electron chi connectivity index (χ4n) is 3.17. The Hall–Kier alpha value is -1.58. The van der Waals surface area contributed by atoms with E-state index >= 15 is 0 Å². The number of benzene rings is 1. The summed E-state index contributed by atoms with van der Waals surface area (Å²) in [7, 11) is 0. The van der Waals surface area contributed by atoms with Gasteiger partial charge in [-0.1, -0.05) is 18.2 Å². The summed E-state index contributed by atoms with van der Waals surface area (Å²) in [6.07, 6.45) is 5.68. The molecule has 2 heterocycles. The molecular formula is C16H20N2O. The standard InChI is InChI=1S/C16H20N2O/c1-2-10-18-11-4-8-16(19,12-18)14-5-3-6-15-13(14)7-9-17-15/h2-3,5-7,9,17,19H,1,4,8,10-12H2. The molecule has 2 N–H and O–H groups in total. The van der Waals surface area contributed by atoms with Gasteiger partial charge in [0.15, 0.2) is 0 Å². The molecule has 1 saturated heterocycles. The minimum Gasteiger partial charge on any atom is -0.384 e. The van der Waals surface area contributed by atoms with Gasteiger partial charge in [-0.15, -0.1) is 6.58 Å². The van der Waals surface area contributed by atoms with Crippen molar-refractivity contribution in [3.8, 4) is 0 Å². The van der Waals surface area contributed by atoms with E-state index in [4.69, 9.17) is 0 Å². The van der Waals surface area contributed by atoms with E-state index in [0.29, 0.717) is 6.54 Å². The van der Waals surface area contributed by atoms with Gasteiger partial charge in [0.05, 0.1) is 0 Å². The van der Waals surface area contributed by atoms with Gasteiger partial charge in [-0.25, -0.2) is 0 Å². The molecule has 0 bridgehead atoms. The van der Waals surface area contributed by atoms with Gasteiger partial charge in [-0.05, 0) is 37.1 Å². The highest BCUT2D eigenvalue weighted by atomic mass is 16.3. The lowest BCUT2D eigenvalue weighted by atomic mass is 9.84. The van der Waals surface area contributed by atoms with Crippen LogP contribution in [0.15, 0.2) is 43.1 Å². The number of aromatic nitrogens is 1. The Balaban J connectivity index is 1.99. The Morgan fingerprint density at radius 3 is 3.16 bits per heavy atom. The summed E-state index contributed by atoms with van der Waals surface area (Å²) >= 11 is 0. The molecule has 1 aliphatic rings. The third-order valence-corrected chi connectivity index (χ3v) is 4.03. The van der Waals surface area contributed by atoms with Crippen LogP contribution in [0.4, 0.5) is 0 Å². The van der Waals surface area contributed by atoms with Crippen LogP contribution in [0.25, 0.3) is 10.9 Å². The molecule has 0 radical (unpaired) electrons. The monoisotopic (exact) mass is 256 g/mol. The summed E-state index contributed by atoms with van der Waals surface area (Å²) in [5.41, 5.74) is 1.38. The molecule has 1 aromatic carbocycles. The lowest BCUT2D eigenvalue weighted by Crippen LogP contribution is -2.46. The molecule has 3 nitrogen and oxygen atoms in total. The Labute approximate surface area is 113 Å². The predicted octanol–water partition coefficient (Wildman–Crippen LogP) is 2.64. The molecule has 1 aliphatic heterocycles. The van der Waals surface area contributed by atoms with Crippen LogP contribution in [0, 0.1) is 0 Å². The van der Waals surface area contributed by atoms with Crippen molar-refractivity contribution >= 4 is 10.9 Å². The van der Waals surface area contributed by atoms with Gasteiger partial charge in [0.2, 0.25) is 0 Å². The van der Waals surface area contributed by atoms with Gasteiger partial charge in [-0.3, -0.25) is 4.90 Å². The first kappa shape index (κ1) is 12.5. The summed E-state index contributed by atoms with van der Waals surface area (Å²) in [6, 6.07) is 8.16. The first-order valence-corrected chi connectivity index (χ1v) is 6.85. The minimum atomic E-state index is -0.747. The van der Waals surface area contributed by atoms with Crippen LogP contribution >= 0.6 is 0 Å². The fourth-order valence-corrected chi connectivity index (χ4v) is 3.17. The molecule has 0 saturated carbocycles. The Bertz CT molecular complexity index is 589. The second-order valence-corrected chi connectivity index (χ2v) is 5.40. The Morgan fingerprint density at radius 2 is 2.32 bits per heavy atom. The van der Waals surface area contributed by atoms with Gasteiger partial charge in [0.1, 0.15) is 5.60 Å². The average Bonchev–Trinajstić information content (AvgIpc) is 2.87. The van der Waals surface area contributed by atoms with E-state index in [1.54, 1.807) is 0 Å². The van der Waals surface area contributed by atoms with Crippen molar-refractivity contribution in [2.24, 2.45) is 0 Å². The highest BCUT2D eigenvalue weighted by Gasteiger charge is 2.35. The maximum absolute atomic E-state index is 11.1. The summed E-state index contributed by atoms with van der Waals surface area (Å²) < 4.78 is 0. The van der Waals surface area contributed by atoms with Crippen LogP contribution in [0.3, 0.4) is 0 Å². The first-order chi connectivity index (χ1) is 9.23.